The summed E-state index contributed by atoms with van der Waals surface area (Å²) in [5.41, 5.74) is 1.59. The van der Waals surface area contributed by atoms with Crippen LogP contribution in [0.25, 0.3) is 0 Å². The van der Waals surface area contributed by atoms with E-state index in [2.05, 4.69) is 15.2 Å². The fourth-order valence-corrected chi connectivity index (χ4v) is 2.56. The van der Waals surface area contributed by atoms with E-state index in [1.54, 1.807) is 0 Å². The molecule has 0 amide bonds. The van der Waals surface area contributed by atoms with E-state index in [4.69, 9.17) is 0 Å². The summed E-state index contributed by atoms with van der Waals surface area (Å²) in [6.45, 7) is 5.01. The Hall–Kier alpha value is -1.14. The normalized spacial score (nSPS) is 19.0. The minimum absolute atomic E-state index is 0.0694. The highest BCUT2D eigenvalue weighted by Gasteiger charge is 2.31. The van der Waals surface area contributed by atoms with Crippen molar-refractivity contribution in [3.63, 3.8) is 0 Å². The van der Waals surface area contributed by atoms with Crippen LogP contribution in [0.5, 0.6) is 0 Å². The molecule has 0 aromatic carbocycles. The molecule has 0 unspecified atom stereocenters. The molecule has 0 spiro atoms. The fourth-order valence-electron chi connectivity index (χ4n) is 2.56. The number of halogens is 3. The van der Waals surface area contributed by atoms with Crippen LogP contribution in [0.4, 0.5) is 13.2 Å². The second kappa shape index (κ2) is 6.54. The Morgan fingerprint density at radius 2 is 2.00 bits per heavy atom. The number of hydrogen-bond acceptors (Lipinski definition) is 3. The van der Waals surface area contributed by atoms with Crippen LogP contribution >= 0.6 is 0 Å². The predicted molar refractivity (Wildman–Crippen MR) is 71.4 cm³/mol. The molecular formula is C14H20F3N3. The lowest BCUT2D eigenvalue weighted by Crippen LogP contribution is -2.45. The molecule has 1 fully saturated rings. The van der Waals surface area contributed by atoms with Crippen LogP contribution in [0.15, 0.2) is 18.2 Å². The summed E-state index contributed by atoms with van der Waals surface area (Å²) < 4.78 is 37.6. The lowest BCUT2D eigenvalue weighted by atomic mass is 10.0. The second-order valence-corrected chi connectivity index (χ2v) is 5.16. The van der Waals surface area contributed by atoms with E-state index in [9.17, 15) is 13.2 Å². The summed E-state index contributed by atoms with van der Waals surface area (Å²) in [5, 5.41) is 3.22. The number of nitrogens with one attached hydrogen (secondary N) is 1. The molecule has 1 N–H and O–H groups in total. The van der Waals surface area contributed by atoms with Gasteiger partial charge in [0.1, 0.15) is 0 Å². The monoisotopic (exact) mass is 287 g/mol. The highest BCUT2D eigenvalue weighted by Crippen LogP contribution is 2.30. The third-order valence-electron chi connectivity index (χ3n) is 3.54. The number of aryl methyl sites for hydroxylation is 1. The molecule has 0 bridgehead atoms. The lowest BCUT2D eigenvalue weighted by molar-refractivity contribution is -0.138. The van der Waals surface area contributed by atoms with Crippen molar-refractivity contribution in [1.29, 1.82) is 0 Å². The summed E-state index contributed by atoms with van der Waals surface area (Å²) in [5.74, 6) is 0. The summed E-state index contributed by atoms with van der Waals surface area (Å²) in [6, 6.07) is 5.30. The van der Waals surface area contributed by atoms with Gasteiger partial charge in [0.05, 0.1) is 11.7 Å². The first kappa shape index (κ1) is 15.3. The highest BCUT2D eigenvalue weighted by molar-refractivity contribution is 5.14. The van der Waals surface area contributed by atoms with Crippen molar-refractivity contribution < 1.29 is 13.2 Å². The molecule has 1 aromatic heterocycles. The lowest BCUT2D eigenvalue weighted by Gasteiger charge is -2.35. The van der Waals surface area contributed by atoms with Crippen molar-refractivity contribution in [2.75, 3.05) is 26.2 Å². The van der Waals surface area contributed by atoms with Gasteiger partial charge in [-0.15, -0.1) is 0 Å². The first-order valence-corrected chi connectivity index (χ1v) is 6.91. The summed E-state index contributed by atoms with van der Waals surface area (Å²) in [4.78, 5) is 6.52. The molecule has 0 aliphatic carbocycles. The molecular weight excluding hydrogens is 267 g/mol. The summed E-state index contributed by atoms with van der Waals surface area (Å²) in [7, 11) is 0. The first-order valence-electron chi connectivity index (χ1n) is 6.91. The summed E-state index contributed by atoms with van der Waals surface area (Å²) >= 11 is 0. The number of hydrogen-bond donors (Lipinski definition) is 1. The number of rotatable bonds is 4. The SMILES string of the molecule is Cc1cccc([C@H](CCC(F)(F)F)N2CCNCC2)n1. The van der Waals surface area contributed by atoms with E-state index < -0.39 is 12.6 Å². The Bertz CT molecular complexity index is 428. The molecule has 0 saturated carbocycles. The second-order valence-electron chi connectivity index (χ2n) is 5.16. The molecule has 1 atom stereocenters. The van der Waals surface area contributed by atoms with Crippen LogP contribution in [-0.4, -0.2) is 42.2 Å². The maximum atomic E-state index is 12.5. The van der Waals surface area contributed by atoms with Gasteiger partial charge in [-0.3, -0.25) is 9.88 Å². The van der Waals surface area contributed by atoms with E-state index in [0.717, 1.165) is 37.6 Å². The first-order chi connectivity index (χ1) is 9.46. The number of alkyl halides is 3. The topological polar surface area (TPSA) is 28.2 Å². The van der Waals surface area contributed by atoms with Crippen LogP contribution in [0.2, 0.25) is 0 Å². The van der Waals surface area contributed by atoms with Gasteiger partial charge in [-0.05, 0) is 25.5 Å². The molecule has 6 heteroatoms. The van der Waals surface area contributed by atoms with Crippen molar-refractivity contribution in [2.45, 2.75) is 32.0 Å². The maximum Gasteiger partial charge on any atom is 0.389 e. The smallest absolute Gasteiger partial charge is 0.314 e. The zero-order valence-corrected chi connectivity index (χ0v) is 11.6. The van der Waals surface area contributed by atoms with Gasteiger partial charge < -0.3 is 5.32 Å². The van der Waals surface area contributed by atoms with Gasteiger partial charge in [0.25, 0.3) is 0 Å². The highest BCUT2D eigenvalue weighted by atomic mass is 19.4. The molecule has 112 valence electrons. The Morgan fingerprint density at radius 1 is 1.30 bits per heavy atom. The van der Waals surface area contributed by atoms with E-state index in [1.807, 2.05) is 25.1 Å². The van der Waals surface area contributed by atoms with Crippen LogP contribution < -0.4 is 5.32 Å². The predicted octanol–water partition coefficient (Wildman–Crippen LogP) is 2.68. The van der Waals surface area contributed by atoms with Gasteiger partial charge in [0, 0.05) is 38.3 Å². The number of piperazine rings is 1. The third-order valence-corrected chi connectivity index (χ3v) is 3.54. The largest absolute Gasteiger partial charge is 0.389 e. The van der Waals surface area contributed by atoms with Gasteiger partial charge in [0.2, 0.25) is 0 Å². The molecule has 2 heterocycles. The minimum Gasteiger partial charge on any atom is -0.314 e. The minimum atomic E-state index is -4.11. The Kier molecular flexibility index (Phi) is 4.99. The zero-order valence-electron chi connectivity index (χ0n) is 11.6. The molecule has 1 aliphatic rings. The maximum absolute atomic E-state index is 12.5. The summed E-state index contributed by atoms with van der Waals surface area (Å²) in [6.07, 6.45) is -4.81. The quantitative estimate of drug-likeness (QED) is 0.923. The molecule has 1 aliphatic heterocycles. The van der Waals surface area contributed by atoms with Gasteiger partial charge >= 0.3 is 6.18 Å². The molecule has 20 heavy (non-hydrogen) atoms. The van der Waals surface area contributed by atoms with Crippen LogP contribution in [0, 0.1) is 6.92 Å². The van der Waals surface area contributed by atoms with E-state index in [-0.39, 0.29) is 12.5 Å². The number of pyridine rings is 1. The van der Waals surface area contributed by atoms with Crippen molar-refractivity contribution >= 4 is 0 Å². The Labute approximate surface area is 117 Å². The van der Waals surface area contributed by atoms with E-state index >= 15 is 0 Å². The number of nitrogens with zero attached hydrogens (tertiary/aromatic N) is 2. The van der Waals surface area contributed by atoms with Gasteiger partial charge in [-0.2, -0.15) is 13.2 Å². The average Bonchev–Trinajstić information content (AvgIpc) is 2.39. The van der Waals surface area contributed by atoms with Crippen LogP contribution in [0.3, 0.4) is 0 Å². The molecule has 1 aromatic rings. The van der Waals surface area contributed by atoms with Gasteiger partial charge in [-0.25, -0.2) is 0 Å². The van der Waals surface area contributed by atoms with Crippen molar-refractivity contribution in [1.82, 2.24) is 15.2 Å². The van der Waals surface area contributed by atoms with Crippen molar-refractivity contribution in [3.8, 4) is 0 Å². The molecule has 0 radical (unpaired) electrons. The molecule has 2 rings (SSSR count). The number of aromatic nitrogens is 1. The molecule has 3 nitrogen and oxygen atoms in total. The van der Waals surface area contributed by atoms with Gasteiger partial charge in [-0.1, -0.05) is 6.07 Å². The fraction of sp³-hybridized carbons (Fsp3) is 0.643. The van der Waals surface area contributed by atoms with Gasteiger partial charge in [0.15, 0.2) is 0 Å². The van der Waals surface area contributed by atoms with Crippen LogP contribution in [0.1, 0.15) is 30.3 Å². The zero-order chi connectivity index (χ0) is 14.6. The van der Waals surface area contributed by atoms with Crippen LogP contribution in [-0.2, 0) is 0 Å². The van der Waals surface area contributed by atoms with Crippen molar-refractivity contribution in [3.05, 3.63) is 29.6 Å². The average molecular weight is 287 g/mol. The van der Waals surface area contributed by atoms with Crippen molar-refractivity contribution in [2.24, 2.45) is 0 Å². The Balaban J connectivity index is 2.14. The Morgan fingerprint density at radius 3 is 2.60 bits per heavy atom. The molecule has 1 saturated heterocycles. The third kappa shape index (κ3) is 4.45. The van der Waals surface area contributed by atoms with E-state index in [0.29, 0.717) is 0 Å². The van der Waals surface area contributed by atoms with E-state index in [1.165, 1.54) is 0 Å². The standard InChI is InChI=1S/C14H20F3N3/c1-11-3-2-4-12(19-11)13(5-6-14(15,16)17)20-9-7-18-8-10-20/h2-4,13,18H,5-10H2,1H3/t13-/m0/s1.